The van der Waals surface area contributed by atoms with Gasteiger partial charge in [-0.3, -0.25) is 9.59 Å². The molecule has 3 nitrogen and oxygen atoms in total. The molecule has 0 saturated heterocycles. The first-order valence-corrected chi connectivity index (χ1v) is 5.34. The normalized spacial score (nSPS) is 12.9. The summed E-state index contributed by atoms with van der Waals surface area (Å²) in [7, 11) is 0. The minimum Gasteiger partial charge on any atom is -0.334 e. The molecule has 0 heterocycles. The Bertz CT molecular complexity index is 474. The van der Waals surface area contributed by atoms with Crippen LogP contribution < -0.4 is 5.32 Å². The van der Waals surface area contributed by atoms with Crippen LogP contribution in [0.5, 0.6) is 0 Å². The van der Waals surface area contributed by atoms with Gasteiger partial charge in [-0.05, 0) is 18.1 Å². The van der Waals surface area contributed by atoms with Gasteiger partial charge in [0.2, 0.25) is 5.12 Å². The molecule has 0 aliphatic rings. The van der Waals surface area contributed by atoms with Gasteiger partial charge in [0, 0.05) is 0 Å². The molecule has 0 saturated carbocycles. The Kier molecular flexibility index (Phi) is 4.39. The van der Waals surface area contributed by atoms with Crippen LogP contribution in [0.2, 0.25) is 0 Å². The highest BCUT2D eigenvalue weighted by Crippen LogP contribution is 2.22. The lowest BCUT2D eigenvalue weighted by molar-refractivity contribution is -0.174. The highest BCUT2D eigenvalue weighted by atomic mass is 32.1. The topological polar surface area (TPSA) is 46.2 Å². The summed E-state index contributed by atoms with van der Waals surface area (Å²) in [6.07, 6.45) is -5.04. The summed E-state index contributed by atoms with van der Waals surface area (Å²) in [6, 6.07) is 4.91. The number of rotatable bonds is 3. The van der Waals surface area contributed by atoms with Gasteiger partial charge in [-0.2, -0.15) is 13.2 Å². The van der Waals surface area contributed by atoms with E-state index in [4.69, 9.17) is 0 Å². The van der Waals surface area contributed by atoms with E-state index in [-0.39, 0.29) is 5.56 Å². The van der Waals surface area contributed by atoms with Crippen molar-refractivity contribution in [3.63, 3.8) is 0 Å². The second-order valence-electron chi connectivity index (χ2n) is 3.60. The summed E-state index contributed by atoms with van der Waals surface area (Å²) in [5.74, 6) is -2.17. The van der Waals surface area contributed by atoms with E-state index in [1.807, 2.05) is 0 Å². The van der Waals surface area contributed by atoms with Gasteiger partial charge in [-0.1, -0.05) is 24.3 Å². The van der Waals surface area contributed by atoms with E-state index in [0.29, 0.717) is 5.56 Å². The van der Waals surface area contributed by atoms with Gasteiger partial charge in [-0.25, -0.2) is 0 Å². The minimum atomic E-state index is -5.04. The fraction of sp³-hybridized carbons (Fsp3) is 0.273. The fourth-order valence-electron chi connectivity index (χ4n) is 1.40. The Morgan fingerprint density at radius 2 is 1.83 bits per heavy atom. The number of aryl methyl sites for hydroxylation is 1. The Morgan fingerprint density at radius 3 is 2.28 bits per heavy atom. The summed E-state index contributed by atoms with van der Waals surface area (Å²) < 4.78 is 36.4. The van der Waals surface area contributed by atoms with E-state index in [2.05, 4.69) is 12.6 Å². The number of nitrogens with one attached hydrogen (secondary N) is 1. The Labute approximate surface area is 107 Å². The van der Waals surface area contributed by atoms with E-state index in [1.165, 1.54) is 6.07 Å². The molecule has 0 aromatic heterocycles. The summed E-state index contributed by atoms with van der Waals surface area (Å²) in [6.45, 7) is 1.62. The zero-order valence-corrected chi connectivity index (χ0v) is 10.2. The first-order valence-electron chi connectivity index (χ1n) is 4.89. The molecule has 0 spiro atoms. The molecular weight excluding hydrogens is 267 g/mol. The number of thiol groups is 1. The van der Waals surface area contributed by atoms with Gasteiger partial charge in [-0.15, -0.1) is 12.6 Å². The van der Waals surface area contributed by atoms with Crippen LogP contribution in [0.1, 0.15) is 17.2 Å². The zero-order chi connectivity index (χ0) is 13.9. The van der Waals surface area contributed by atoms with Gasteiger partial charge in [0.25, 0.3) is 0 Å². The molecule has 1 rings (SSSR count). The van der Waals surface area contributed by atoms with E-state index in [0.717, 1.165) is 0 Å². The monoisotopic (exact) mass is 277 g/mol. The maximum absolute atomic E-state index is 12.1. The summed E-state index contributed by atoms with van der Waals surface area (Å²) >= 11 is 3.50. The van der Waals surface area contributed by atoms with Crippen LogP contribution in [-0.2, 0) is 9.59 Å². The van der Waals surface area contributed by atoms with Gasteiger partial charge in [0.05, 0.1) is 0 Å². The van der Waals surface area contributed by atoms with Gasteiger partial charge >= 0.3 is 12.1 Å². The van der Waals surface area contributed by atoms with Crippen LogP contribution in [0.4, 0.5) is 13.2 Å². The molecule has 7 heteroatoms. The smallest absolute Gasteiger partial charge is 0.334 e. The molecule has 0 aliphatic carbocycles. The van der Waals surface area contributed by atoms with Crippen LogP contribution in [0.25, 0.3) is 0 Å². The van der Waals surface area contributed by atoms with Crippen LogP contribution >= 0.6 is 12.6 Å². The number of alkyl halides is 3. The Hall–Kier alpha value is -1.50. The van der Waals surface area contributed by atoms with Crippen molar-refractivity contribution >= 4 is 23.7 Å². The number of hydrogen-bond acceptors (Lipinski definition) is 2. The molecule has 0 aliphatic heterocycles. The van der Waals surface area contributed by atoms with Crippen molar-refractivity contribution in [3.05, 3.63) is 35.4 Å². The summed E-state index contributed by atoms with van der Waals surface area (Å²) in [4.78, 5) is 22.1. The molecule has 0 bridgehead atoms. The highest BCUT2D eigenvalue weighted by molar-refractivity contribution is 7.96. The number of hydrogen-bond donors (Lipinski definition) is 2. The molecule has 1 unspecified atom stereocenters. The van der Waals surface area contributed by atoms with Crippen molar-refractivity contribution in [1.29, 1.82) is 0 Å². The molecule has 98 valence electrons. The van der Waals surface area contributed by atoms with Crippen molar-refractivity contribution in [2.24, 2.45) is 0 Å². The molecule has 0 fully saturated rings. The number of amides is 1. The maximum Gasteiger partial charge on any atom is 0.471 e. The molecule has 1 amide bonds. The van der Waals surface area contributed by atoms with Gasteiger partial charge in [0.15, 0.2) is 0 Å². The quantitative estimate of drug-likeness (QED) is 0.832. The molecule has 1 atom stereocenters. The van der Waals surface area contributed by atoms with Crippen molar-refractivity contribution < 1.29 is 22.8 Å². The third-order valence-corrected chi connectivity index (χ3v) is 2.54. The minimum absolute atomic E-state index is 0.287. The Morgan fingerprint density at radius 1 is 1.28 bits per heavy atom. The lowest BCUT2D eigenvalue weighted by atomic mass is 10.0. The number of carbonyl (C=O) groups is 2. The first-order chi connectivity index (χ1) is 8.23. The van der Waals surface area contributed by atoms with E-state index in [9.17, 15) is 22.8 Å². The summed E-state index contributed by atoms with van der Waals surface area (Å²) in [5, 5.41) is 0.764. The third-order valence-electron chi connectivity index (χ3n) is 2.28. The largest absolute Gasteiger partial charge is 0.471 e. The maximum atomic E-state index is 12.1. The van der Waals surface area contributed by atoms with Crippen LogP contribution in [0, 0.1) is 6.92 Å². The lowest BCUT2D eigenvalue weighted by Crippen LogP contribution is -2.41. The van der Waals surface area contributed by atoms with Crippen LogP contribution in [0.15, 0.2) is 24.3 Å². The zero-order valence-electron chi connectivity index (χ0n) is 9.28. The molecule has 0 radical (unpaired) electrons. The van der Waals surface area contributed by atoms with Crippen molar-refractivity contribution in [3.8, 4) is 0 Å². The predicted molar refractivity (Wildman–Crippen MR) is 62.1 cm³/mol. The molecule has 18 heavy (non-hydrogen) atoms. The fourth-order valence-corrected chi connectivity index (χ4v) is 1.60. The van der Waals surface area contributed by atoms with Crippen LogP contribution in [-0.4, -0.2) is 17.2 Å². The van der Waals surface area contributed by atoms with E-state index < -0.39 is 23.2 Å². The van der Waals surface area contributed by atoms with E-state index >= 15 is 0 Å². The second-order valence-corrected chi connectivity index (χ2v) is 4.04. The Balaban J connectivity index is 3.03. The van der Waals surface area contributed by atoms with Crippen LogP contribution in [0.3, 0.4) is 0 Å². The number of halogens is 3. The SMILES string of the molecule is Cc1ccccc1C(NC(=O)C(F)(F)F)C(=O)S. The lowest BCUT2D eigenvalue weighted by Gasteiger charge is -2.18. The standard InChI is InChI=1S/C11H10F3NO2S/c1-6-4-2-3-5-7(6)8(9(16)18)15-10(17)11(12,13)14/h2-5,8H,1H3,(H,15,17)(H,16,18). The van der Waals surface area contributed by atoms with Gasteiger partial charge in [0.1, 0.15) is 6.04 Å². The summed E-state index contributed by atoms with van der Waals surface area (Å²) in [5.41, 5.74) is 0.877. The number of benzene rings is 1. The van der Waals surface area contributed by atoms with Crippen molar-refractivity contribution in [2.45, 2.75) is 19.1 Å². The molecule has 1 aromatic rings. The molecular formula is C11H10F3NO2S. The van der Waals surface area contributed by atoms with E-state index in [1.54, 1.807) is 30.4 Å². The van der Waals surface area contributed by atoms with Gasteiger partial charge < -0.3 is 5.32 Å². The average Bonchev–Trinajstić information content (AvgIpc) is 2.25. The predicted octanol–water partition coefficient (Wildman–Crippen LogP) is 2.17. The van der Waals surface area contributed by atoms with Crippen molar-refractivity contribution in [1.82, 2.24) is 5.32 Å². The number of carbonyl (C=O) groups excluding carboxylic acids is 2. The highest BCUT2D eigenvalue weighted by Gasteiger charge is 2.40. The second kappa shape index (κ2) is 5.43. The average molecular weight is 277 g/mol. The van der Waals surface area contributed by atoms with Crippen molar-refractivity contribution in [2.75, 3.05) is 0 Å². The third kappa shape index (κ3) is 3.49. The molecule has 1 N–H and O–H groups in total. The molecule has 1 aromatic carbocycles. The first kappa shape index (κ1) is 14.6.